The van der Waals surface area contributed by atoms with E-state index in [4.69, 9.17) is 5.73 Å². The van der Waals surface area contributed by atoms with Gasteiger partial charge in [-0.15, -0.1) is 0 Å². The number of nitrogens with zero attached hydrogens (tertiary/aromatic N) is 1. The molecule has 0 bridgehead atoms. The third-order valence-corrected chi connectivity index (χ3v) is 5.86. The molecule has 6 heteroatoms. The lowest BCUT2D eigenvalue weighted by Crippen LogP contribution is -2.49. The predicted molar refractivity (Wildman–Crippen MR) is 127 cm³/mol. The molecule has 1 aliphatic rings. The fourth-order valence-electron chi connectivity index (χ4n) is 4.31. The maximum atomic E-state index is 12.9. The third-order valence-electron chi connectivity index (χ3n) is 5.86. The summed E-state index contributed by atoms with van der Waals surface area (Å²) in [5.41, 5.74) is 9.88. The molecule has 1 aromatic heterocycles. The summed E-state index contributed by atoms with van der Waals surface area (Å²) in [7, 11) is 0. The highest BCUT2D eigenvalue weighted by molar-refractivity contribution is 5.86. The molecule has 3 aromatic rings. The van der Waals surface area contributed by atoms with Crippen LogP contribution >= 0.6 is 0 Å². The zero-order valence-corrected chi connectivity index (χ0v) is 18.7. The Balaban J connectivity index is 0.000000523. The summed E-state index contributed by atoms with van der Waals surface area (Å²) in [6.07, 6.45) is 5.82. The number of carbonyl (C=O) groups is 2. The smallest absolute Gasteiger partial charge is 0.293 e. The molecule has 6 nitrogen and oxygen atoms in total. The predicted octanol–water partition coefficient (Wildman–Crippen LogP) is 3.70. The van der Waals surface area contributed by atoms with Crippen LogP contribution in [-0.2, 0) is 27.2 Å². The van der Waals surface area contributed by atoms with Crippen molar-refractivity contribution in [1.29, 1.82) is 0 Å². The van der Waals surface area contributed by atoms with Crippen molar-refractivity contribution in [3.8, 4) is 0 Å². The van der Waals surface area contributed by atoms with Crippen LogP contribution in [0.15, 0.2) is 60.8 Å². The number of aromatic amines is 1. The van der Waals surface area contributed by atoms with Crippen molar-refractivity contribution in [3.05, 3.63) is 71.9 Å². The van der Waals surface area contributed by atoms with Gasteiger partial charge in [0.1, 0.15) is 0 Å². The van der Waals surface area contributed by atoms with Crippen LogP contribution in [0.25, 0.3) is 10.9 Å². The number of benzene rings is 2. The lowest BCUT2D eigenvalue weighted by atomic mass is 9.91. The van der Waals surface area contributed by atoms with Gasteiger partial charge in [-0.2, -0.15) is 0 Å². The first-order chi connectivity index (χ1) is 15.6. The van der Waals surface area contributed by atoms with Gasteiger partial charge in [-0.3, -0.25) is 9.59 Å². The number of aromatic nitrogens is 1. The van der Waals surface area contributed by atoms with Crippen LogP contribution < -0.4 is 5.73 Å². The van der Waals surface area contributed by atoms with Crippen molar-refractivity contribution in [1.82, 2.24) is 9.88 Å². The quantitative estimate of drug-likeness (QED) is 0.554. The molecule has 0 spiro atoms. The average Bonchev–Trinajstić information content (AvgIpc) is 3.23. The highest BCUT2D eigenvalue weighted by atomic mass is 16.5. The van der Waals surface area contributed by atoms with Crippen molar-refractivity contribution < 1.29 is 14.3 Å². The van der Waals surface area contributed by atoms with Gasteiger partial charge in [0.15, 0.2) is 0 Å². The molecule has 3 N–H and O–H groups in total. The van der Waals surface area contributed by atoms with E-state index in [2.05, 4.69) is 40.1 Å². The lowest BCUT2D eigenvalue weighted by Gasteiger charge is -2.34. The first-order valence-corrected chi connectivity index (χ1v) is 11.3. The summed E-state index contributed by atoms with van der Waals surface area (Å²) in [4.78, 5) is 27.4. The molecule has 1 unspecified atom stereocenters. The molecule has 170 valence electrons. The summed E-state index contributed by atoms with van der Waals surface area (Å²) >= 11 is 0. The Morgan fingerprint density at radius 3 is 2.69 bits per heavy atom. The van der Waals surface area contributed by atoms with Crippen molar-refractivity contribution in [2.24, 2.45) is 11.7 Å². The van der Waals surface area contributed by atoms with E-state index in [9.17, 15) is 9.59 Å². The molecule has 0 radical (unpaired) electrons. The van der Waals surface area contributed by atoms with Gasteiger partial charge in [-0.1, -0.05) is 48.5 Å². The van der Waals surface area contributed by atoms with E-state index in [0.29, 0.717) is 25.4 Å². The normalized spacial score (nSPS) is 16.7. The fraction of sp³-hybridized carbons (Fsp3) is 0.385. The molecule has 1 amide bonds. The summed E-state index contributed by atoms with van der Waals surface area (Å²) in [6.45, 7) is 4.30. The molecule has 1 saturated heterocycles. The van der Waals surface area contributed by atoms with E-state index in [0.717, 1.165) is 42.4 Å². The average molecular weight is 436 g/mol. The summed E-state index contributed by atoms with van der Waals surface area (Å²) in [5.74, 6) is 0.600. The number of hydrogen-bond acceptors (Lipinski definition) is 4. The standard InChI is InChI=1S/C23H27N3O.C3H6O2/c24-21(14-19-15-25-22-11-5-4-10-20(19)22)23(27)26-12-6-9-18(16-26)13-17-7-2-1-3-8-17;1-2-5-3-4/h1-5,7-8,10-11,15,18,21,25H,6,9,12-14,16,24H2;3H,2H2,1H3/t18-,21?;/m1./s1. The Morgan fingerprint density at radius 1 is 1.22 bits per heavy atom. The van der Waals surface area contributed by atoms with Gasteiger partial charge in [-0.05, 0) is 55.7 Å². The molecule has 2 heterocycles. The highest BCUT2D eigenvalue weighted by Crippen LogP contribution is 2.23. The number of fused-ring (bicyclic) bond motifs is 1. The number of likely N-dealkylation sites (tertiary alicyclic amines) is 1. The van der Waals surface area contributed by atoms with E-state index in [1.54, 1.807) is 6.92 Å². The van der Waals surface area contributed by atoms with Crippen molar-refractivity contribution in [3.63, 3.8) is 0 Å². The summed E-state index contributed by atoms with van der Waals surface area (Å²) in [5, 5.41) is 1.15. The first-order valence-electron chi connectivity index (χ1n) is 11.3. The molecule has 32 heavy (non-hydrogen) atoms. The number of H-pyrrole nitrogens is 1. The third kappa shape index (κ3) is 6.44. The van der Waals surface area contributed by atoms with Gasteiger partial charge in [0, 0.05) is 30.2 Å². The van der Waals surface area contributed by atoms with Crippen molar-refractivity contribution in [2.45, 2.75) is 38.6 Å². The number of ether oxygens (including phenoxy) is 1. The maximum absolute atomic E-state index is 12.9. The lowest BCUT2D eigenvalue weighted by molar-refractivity contribution is -0.134. The minimum Gasteiger partial charge on any atom is -0.468 e. The summed E-state index contributed by atoms with van der Waals surface area (Å²) < 4.78 is 4.15. The van der Waals surface area contributed by atoms with E-state index >= 15 is 0 Å². The molecule has 2 aromatic carbocycles. The summed E-state index contributed by atoms with van der Waals surface area (Å²) in [6, 6.07) is 18.2. The second-order valence-corrected chi connectivity index (χ2v) is 8.20. The molecule has 0 aliphatic carbocycles. The molecular weight excluding hydrogens is 402 g/mol. The maximum Gasteiger partial charge on any atom is 0.293 e. The number of amides is 1. The van der Waals surface area contributed by atoms with Gasteiger partial charge >= 0.3 is 0 Å². The molecule has 4 rings (SSSR count). The molecule has 1 aliphatic heterocycles. The largest absolute Gasteiger partial charge is 0.468 e. The minimum absolute atomic E-state index is 0.0815. The Hall–Kier alpha value is -3.12. The topological polar surface area (TPSA) is 88.4 Å². The van der Waals surface area contributed by atoms with E-state index in [1.165, 1.54) is 12.0 Å². The van der Waals surface area contributed by atoms with Gasteiger partial charge in [0.25, 0.3) is 6.47 Å². The molecule has 0 saturated carbocycles. The fourth-order valence-corrected chi connectivity index (χ4v) is 4.31. The number of para-hydroxylation sites is 1. The number of piperidine rings is 1. The monoisotopic (exact) mass is 435 g/mol. The number of hydrogen-bond donors (Lipinski definition) is 2. The van der Waals surface area contributed by atoms with Crippen LogP contribution in [0.5, 0.6) is 0 Å². The number of nitrogens with one attached hydrogen (secondary N) is 1. The Labute approximate surface area is 189 Å². The van der Waals surface area contributed by atoms with E-state index in [1.807, 2.05) is 35.4 Å². The van der Waals surface area contributed by atoms with Gasteiger partial charge in [0.2, 0.25) is 5.91 Å². The van der Waals surface area contributed by atoms with Crippen LogP contribution in [0.1, 0.15) is 30.9 Å². The first kappa shape index (κ1) is 23.5. The Bertz CT molecular complexity index is 986. The SMILES string of the molecule is CCOC=O.NC(Cc1c[nH]c2ccccc12)C(=O)N1CCC[C@H](Cc2ccccc2)C1. The van der Waals surface area contributed by atoms with E-state index in [-0.39, 0.29) is 5.91 Å². The number of nitrogens with two attached hydrogens (primary N) is 1. The second-order valence-electron chi connectivity index (χ2n) is 8.20. The molecule has 1 fully saturated rings. The second kappa shape index (κ2) is 12.1. The number of rotatable bonds is 7. The van der Waals surface area contributed by atoms with Crippen LogP contribution in [-0.4, -0.2) is 48.0 Å². The van der Waals surface area contributed by atoms with Gasteiger partial charge in [0.05, 0.1) is 12.6 Å². The van der Waals surface area contributed by atoms with Crippen molar-refractivity contribution in [2.75, 3.05) is 19.7 Å². The zero-order valence-electron chi connectivity index (χ0n) is 18.7. The Morgan fingerprint density at radius 2 is 1.97 bits per heavy atom. The van der Waals surface area contributed by atoms with Crippen LogP contribution in [0.4, 0.5) is 0 Å². The molecular formula is C26H33N3O3. The van der Waals surface area contributed by atoms with Gasteiger partial charge < -0.3 is 20.4 Å². The minimum atomic E-state index is -0.486. The zero-order chi connectivity index (χ0) is 22.8. The Kier molecular flexibility index (Phi) is 8.87. The van der Waals surface area contributed by atoms with E-state index < -0.39 is 6.04 Å². The highest BCUT2D eigenvalue weighted by Gasteiger charge is 2.27. The van der Waals surface area contributed by atoms with Crippen LogP contribution in [0.2, 0.25) is 0 Å². The van der Waals surface area contributed by atoms with Gasteiger partial charge in [-0.25, -0.2) is 0 Å². The van der Waals surface area contributed by atoms with Crippen LogP contribution in [0, 0.1) is 5.92 Å². The number of carbonyl (C=O) groups excluding carboxylic acids is 2. The van der Waals surface area contributed by atoms with Crippen molar-refractivity contribution >= 4 is 23.3 Å². The van der Waals surface area contributed by atoms with Crippen LogP contribution in [0.3, 0.4) is 0 Å². The molecule has 2 atom stereocenters.